The number of urea groups is 1. The van der Waals surface area contributed by atoms with Crippen molar-refractivity contribution in [3.63, 3.8) is 0 Å². The summed E-state index contributed by atoms with van der Waals surface area (Å²) in [7, 11) is 0. The first-order valence-electron chi connectivity index (χ1n) is 9.25. The molecule has 0 saturated carbocycles. The van der Waals surface area contributed by atoms with Gasteiger partial charge in [-0.1, -0.05) is 36.4 Å². The van der Waals surface area contributed by atoms with Crippen molar-refractivity contribution in [1.82, 2.24) is 10.2 Å². The molecule has 0 bridgehead atoms. The van der Waals surface area contributed by atoms with Crippen molar-refractivity contribution in [2.75, 3.05) is 18.4 Å². The number of likely N-dealkylation sites (tertiary alicyclic amines) is 1. The normalized spacial score (nSPS) is 15.3. The summed E-state index contributed by atoms with van der Waals surface area (Å²) in [6.07, 6.45) is 1.83. The van der Waals surface area contributed by atoms with Gasteiger partial charge in [-0.3, -0.25) is 9.69 Å². The third-order valence-electron chi connectivity index (χ3n) is 4.93. The lowest BCUT2D eigenvalue weighted by atomic mass is 10.0. The van der Waals surface area contributed by atoms with Crippen molar-refractivity contribution in [3.8, 4) is 0 Å². The van der Waals surface area contributed by atoms with E-state index in [0.29, 0.717) is 11.3 Å². The Morgan fingerprint density at radius 3 is 2.48 bits per heavy atom. The number of carbonyl (C=O) groups is 2. The molecule has 1 fully saturated rings. The molecule has 0 aromatic heterocycles. The summed E-state index contributed by atoms with van der Waals surface area (Å²) in [5, 5.41) is 5.81. The molecule has 1 aliphatic rings. The quantitative estimate of drug-likeness (QED) is 0.760. The van der Waals surface area contributed by atoms with Crippen LogP contribution in [0.3, 0.4) is 0 Å². The number of aryl methyl sites for hydroxylation is 1. The molecule has 1 aliphatic heterocycles. The van der Waals surface area contributed by atoms with Gasteiger partial charge in [-0.25, -0.2) is 4.79 Å². The van der Waals surface area contributed by atoms with Crippen LogP contribution in [0.4, 0.5) is 10.5 Å². The highest BCUT2D eigenvalue weighted by molar-refractivity contribution is 5.97. The van der Waals surface area contributed by atoms with Gasteiger partial charge in [0.25, 0.3) is 0 Å². The van der Waals surface area contributed by atoms with Crippen LogP contribution in [-0.2, 0) is 6.54 Å². The number of hydrogen-bond donors (Lipinski definition) is 3. The van der Waals surface area contributed by atoms with Crippen LogP contribution >= 0.6 is 0 Å². The van der Waals surface area contributed by atoms with Gasteiger partial charge < -0.3 is 16.4 Å². The first kappa shape index (κ1) is 18.9. The minimum absolute atomic E-state index is 0.151. The number of rotatable bonds is 5. The summed E-state index contributed by atoms with van der Waals surface area (Å²) in [6.45, 7) is 4.67. The molecule has 0 unspecified atom stereocenters. The van der Waals surface area contributed by atoms with Gasteiger partial charge in [0.2, 0.25) is 5.91 Å². The largest absolute Gasteiger partial charge is 0.366 e. The molecular formula is C21H26N4O2. The first-order chi connectivity index (χ1) is 13.0. The van der Waals surface area contributed by atoms with E-state index in [1.165, 1.54) is 5.56 Å². The minimum Gasteiger partial charge on any atom is -0.366 e. The summed E-state index contributed by atoms with van der Waals surface area (Å²) in [5.41, 5.74) is 8.44. The number of nitrogens with zero attached hydrogens (tertiary/aromatic N) is 1. The highest BCUT2D eigenvalue weighted by atomic mass is 16.2. The summed E-state index contributed by atoms with van der Waals surface area (Å²) in [6, 6.07) is 15.5. The van der Waals surface area contributed by atoms with E-state index >= 15 is 0 Å². The van der Waals surface area contributed by atoms with Gasteiger partial charge in [0, 0.05) is 36.9 Å². The number of piperidine rings is 1. The van der Waals surface area contributed by atoms with Gasteiger partial charge in [0.1, 0.15) is 0 Å². The van der Waals surface area contributed by atoms with Gasteiger partial charge in [-0.05, 0) is 43.0 Å². The fourth-order valence-corrected chi connectivity index (χ4v) is 3.39. The van der Waals surface area contributed by atoms with Crippen LogP contribution in [0.1, 0.15) is 34.3 Å². The Bertz CT molecular complexity index is 799. The molecule has 2 aromatic carbocycles. The number of nitrogens with one attached hydrogen (secondary N) is 2. The topological polar surface area (TPSA) is 87.5 Å². The maximum absolute atomic E-state index is 12.3. The van der Waals surface area contributed by atoms with E-state index in [1.807, 2.05) is 13.0 Å². The zero-order valence-corrected chi connectivity index (χ0v) is 15.6. The fraction of sp³-hybridized carbons (Fsp3) is 0.333. The molecule has 0 spiro atoms. The van der Waals surface area contributed by atoms with E-state index < -0.39 is 5.91 Å². The standard InChI is InChI=1S/C21H26N4O2/c1-15-7-8-18(13-19(15)20(22)26)24-21(27)23-17-9-11-25(12-10-17)14-16-5-3-2-4-6-16/h2-8,13,17H,9-12,14H2,1H3,(H2,22,26)(H2,23,24,27). The van der Waals surface area contributed by atoms with E-state index in [0.717, 1.165) is 38.0 Å². The number of nitrogens with two attached hydrogens (primary N) is 1. The first-order valence-corrected chi connectivity index (χ1v) is 9.25. The summed E-state index contributed by atoms with van der Waals surface area (Å²) in [5.74, 6) is -0.498. The average molecular weight is 366 g/mol. The molecule has 6 heteroatoms. The molecule has 6 nitrogen and oxygen atoms in total. The van der Waals surface area contributed by atoms with E-state index in [-0.39, 0.29) is 12.1 Å². The number of carbonyl (C=O) groups excluding carboxylic acids is 2. The Kier molecular flexibility index (Phi) is 6.08. The zero-order chi connectivity index (χ0) is 19.2. The molecule has 27 heavy (non-hydrogen) atoms. The summed E-state index contributed by atoms with van der Waals surface area (Å²) in [4.78, 5) is 26.1. The van der Waals surface area contributed by atoms with Gasteiger partial charge in [0.05, 0.1) is 0 Å². The van der Waals surface area contributed by atoms with Gasteiger partial charge in [0.15, 0.2) is 0 Å². The molecule has 3 rings (SSSR count). The van der Waals surface area contributed by atoms with Crippen LogP contribution in [0.5, 0.6) is 0 Å². The van der Waals surface area contributed by atoms with Crippen LogP contribution in [0.2, 0.25) is 0 Å². The number of anilines is 1. The summed E-state index contributed by atoms with van der Waals surface area (Å²) >= 11 is 0. The third kappa shape index (κ3) is 5.31. The maximum Gasteiger partial charge on any atom is 0.319 e. The lowest BCUT2D eigenvalue weighted by Gasteiger charge is -2.32. The molecule has 0 atom stereocenters. The Balaban J connectivity index is 1.47. The monoisotopic (exact) mass is 366 g/mol. The van der Waals surface area contributed by atoms with Crippen molar-refractivity contribution in [2.24, 2.45) is 5.73 Å². The van der Waals surface area contributed by atoms with Crippen molar-refractivity contribution >= 4 is 17.6 Å². The Morgan fingerprint density at radius 1 is 1.11 bits per heavy atom. The number of primary amides is 1. The lowest BCUT2D eigenvalue weighted by molar-refractivity contribution is 0.0999. The second-order valence-electron chi connectivity index (χ2n) is 7.03. The third-order valence-corrected chi connectivity index (χ3v) is 4.93. The molecular weight excluding hydrogens is 340 g/mol. The second kappa shape index (κ2) is 8.68. The maximum atomic E-state index is 12.3. The van der Waals surface area contributed by atoms with Crippen molar-refractivity contribution in [2.45, 2.75) is 32.4 Å². The second-order valence-corrected chi connectivity index (χ2v) is 7.03. The number of benzene rings is 2. The SMILES string of the molecule is Cc1ccc(NC(=O)NC2CCN(Cc3ccccc3)CC2)cc1C(N)=O. The highest BCUT2D eigenvalue weighted by Crippen LogP contribution is 2.16. The van der Waals surface area contributed by atoms with E-state index in [9.17, 15) is 9.59 Å². The van der Waals surface area contributed by atoms with E-state index in [4.69, 9.17) is 5.73 Å². The van der Waals surface area contributed by atoms with Crippen molar-refractivity contribution < 1.29 is 9.59 Å². The van der Waals surface area contributed by atoms with Gasteiger partial charge in [-0.15, -0.1) is 0 Å². The molecule has 4 N–H and O–H groups in total. The highest BCUT2D eigenvalue weighted by Gasteiger charge is 2.20. The number of amides is 3. The number of hydrogen-bond acceptors (Lipinski definition) is 3. The molecule has 1 saturated heterocycles. The minimum atomic E-state index is -0.498. The Hall–Kier alpha value is -2.86. The molecule has 3 amide bonds. The lowest BCUT2D eigenvalue weighted by Crippen LogP contribution is -2.45. The van der Waals surface area contributed by atoms with Gasteiger partial charge in [-0.2, -0.15) is 0 Å². The van der Waals surface area contributed by atoms with Crippen LogP contribution in [0.25, 0.3) is 0 Å². The molecule has 142 valence electrons. The van der Waals surface area contributed by atoms with Crippen LogP contribution in [0, 0.1) is 6.92 Å². The summed E-state index contributed by atoms with van der Waals surface area (Å²) < 4.78 is 0. The zero-order valence-electron chi connectivity index (χ0n) is 15.6. The molecule has 0 aliphatic carbocycles. The molecule has 0 radical (unpaired) electrons. The Morgan fingerprint density at radius 2 is 1.81 bits per heavy atom. The van der Waals surface area contributed by atoms with Crippen molar-refractivity contribution in [1.29, 1.82) is 0 Å². The van der Waals surface area contributed by atoms with Crippen LogP contribution in [-0.4, -0.2) is 36.0 Å². The van der Waals surface area contributed by atoms with Crippen LogP contribution in [0.15, 0.2) is 48.5 Å². The smallest absolute Gasteiger partial charge is 0.319 e. The Labute approximate surface area is 159 Å². The fourth-order valence-electron chi connectivity index (χ4n) is 3.39. The van der Waals surface area contributed by atoms with Gasteiger partial charge >= 0.3 is 6.03 Å². The predicted octanol–water partition coefficient (Wildman–Crippen LogP) is 2.88. The molecule has 2 aromatic rings. The van der Waals surface area contributed by atoms with Crippen molar-refractivity contribution in [3.05, 3.63) is 65.2 Å². The average Bonchev–Trinajstić information content (AvgIpc) is 2.65. The van der Waals surface area contributed by atoms with E-state index in [2.05, 4.69) is 39.8 Å². The molecule has 1 heterocycles. The van der Waals surface area contributed by atoms with Crippen LogP contribution < -0.4 is 16.4 Å². The van der Waals surface area contributed by atoms with E-state index in [1.54, 1.807) is 18.2 Å². The predicted molar refractivity (Wildman–Crippen MR) is 107 cm³/mol.